The third-order valence-corrected chi connectivity index (χ3v) is 18.4. The van der Waals surface area contributed by atoms with E-state index in [1.807, 2.05) is 6.92 Å². The molecule has 7 fully saturated rings. The number of rotatable bonds is 6. The first-order chi connectivity index (χ1) is 25.7. The van der Waals surface area contributed by atoms with Gasteiger partial charge >= 0.3 is 0 Å². The van der Waals surface area contributed by atoms with Gasteiger partial charge in [-0.05, 0) is 91.8 Å². The van der Waals surface area contributed by atoms with Gasteiger partial charge < -0.3 is 59.8 Å². The van der Waals surface area contributed by atoms with Crippen LogP contribution in [0.25, 0.3) is 0 Å². The summed E-state index contributed by atoms with van der Waals surface area (Å²) in [4.78, 5) is 0. The highest BCUT2D eigenvalue weighted by Crippen LogP contribution is 2.79. The molecule has 8 N–H and O–H groups in total. The van der Waals surface area contributed by atoms with Crippen molar-refractivity contribution in [3.05, 3.63) is 12.2 Å². The molecular weight excluding hydrogens is 708 g/mol. The molecule has 8 rings (SSSR count). The monoisotopic (exact) mass is 778 g/mol. The van der Waals surface area contributed by atoms with Crippen molar-refractivity contribution in [2.75, 3.05) is 19.8 Å². The maximum Gasteiger partial charge on any atom is 0.187 e. The normalized spacial score (nSPS) is 59.7. The summed E-state index contributed by atoms with van der Waals surface area (Å²) in [5.74, 6) is 0.180. The molecule has 0 aromatic carbocycles. The first-order valence-corrected chi connectivity index (χ1v) is 21.3. The van der Waals surface area contributed by atoms with Gasteiger partial charge in [0.2, 0.25) is 0 Å². The van der Waals surface area contributed by atoms with Crippen LogP contribution in [-0.2, 0) is 18.9 Å². The zero-order valence-electron chi connectivity index (χ0n) is 34.0. The van der Waals surface area contributed by atoms with Gasteiger partial charge in [-0.2, -0.15) is 0 Å². The second kappa shape index (κ2) is 13.4. The number of allylic oxidation sites excluding steroid dienone is 1. The Morgan fingerprint density at radius 3 is 2.18 bits per heavy atom. The van der Waals surface area contributed by atoms with Crippen molar-refractivity contribution in [2.45, 2.75) is 179 Å². The van der Waals surface area contributed by atoms with Crippen molar-refractivity contribution >= 4 is 0 Å². The fraction of sp³-hybridized carbons (Fsp3) is 0.953. The molecule has 21 atom stereocenters. The van der Waals surface area contributed by atoms with E-state index in [9.17, 15) is 40.9 Å². The number of aliphatic hydroxyl groups excluding tert-OH is 8. The van der Waals surface area contributed by atoms with Crippen LogP contribution in [0.15, 0.2) is 12.2 Å². The van der Waals surface area contributed by atoms with Gasteiger partial charge in [-0.15, -0.1) is 0 Å². The number of fused-ring (bicyclic) bond motifs is 4. The minimum Gasteiger partial charge on any atom is -0.396 e. The molecule has 0 aromatic rings. The second-order valence-corrected chi connectivity index (χ2v) is 21.5. The predicted molar refractivity (Wildman–Crippen MR) is 200 cm³/mol. The zero-order chi connectivity index (χ0) is 39.9. The molecule has 2 saturated heterocycles. The van der Waals surface area contributed by atoms with E-state index in [1.165, 1.54) is 0 Å². The van der Waals surface area contributed by atoms with Crippen molar-refractivity contribution in [3.63, 3.8) is 0 Å². The van der Waals surface area contributed by atoms with Gasteiger partial charge in [-0.1, -0.05) is 60.6 Å². The summed E-state index contributed by atoms with van der Waals surface area (Å²) in [5.41, 5.74) is -1.70. The lowest BCUT2D eigenvalue weighted by Crippen LogP contribution is -2.72. The first-order valence-electron chi connectivity index (χ1n) is 21.3. The largest absolute Gasteiger partial charge is 0.396 e. The van der Waals surface area contributed by atoms with E-state index in [0.29, 0.717) is 19.4 Å². The Hall–Kier alpha value is -0.740. The van der Waals surface area contributed by atoms with Gasteiger partial charge in [0.1, 0.15) is 36.6 Å². The molecule has 314 valence electrons. The van der Waals surface area contributed by atoms with Crippen molar-refractivity contribution < 1.29 is 59.8 Å². The molecule has 2 heterocycles. The van der Waals surface area contributed by atoms with Crippen LogP contribution in [-0.4, -0.2) is 134 Å². The third-order valence-electron chi connectivity index (χ3n) is 18.4. The van der Waals surface area contributed by atoms with Crippen LogP contribution in [0.1, 0.15) is 106 Å². The van der Waals surface area contributed by atoms with Crippen molar-refractivity contribution in [2.24, 2.45) is 56.2 Å². The standard InChI is InChI=1S/C43H70O12/c1-22-16-23(32(49)35(30(22)47)55-36-34(51)33(50)31(48)24(19-44)54-36)53-29-10-11-38(4)25(39(29,5)20-45)8-12-40(6)26(38)9-13-43-27-17-37(2,3)14-15-42(27,21-52-43)28(46)18-41(40,43)7/h9,13,22-36,44-51H,8,10-12,14-21H2,1-7H3/t22-,23+,24?,25+,26+,27+,28-,29-,30-,31+,32-,33?,34-,35-,36-,38-,39-,40+,41-,42+,43-/m0/s1. The Kier molecular flexibility index (Phi) is 9.98. The van der Waals surface area contributed by atoms with Crippen LogP contribution in [0, 0.1) is 56.2 Å². The highest BCUT2D eigenvalue weighted by atomic mass is 16.7. The average molecular weight is 779 g/mol. The van der Waals surface area contributed by atoms with Crippen LogP contribution in [0.4, 0.5) is 0 Å². The Morgan fingerprint density at radius 2 is 1.49 bits per heavy atom. The maximum absolute atomic E-state index is 12.1. The second-order valence-electron chi connectivity index (χ2n) is 21.5. The molecule has 12 nitrogen and oxygen atoms in total. The van der Waals surface area contributed by atoms with Crippen LogP contribution in [0.2, 0.25) is 0 Å². The zero-order valence-corrected chi connectivity index (χ0v) is 34.0. The van der Waals surface area contributed by atoms with E-state index < -0.39 is 85.0 Å². The summed E-state index contributed by atoms with van der Waals surface area (Å²) >= 11 is 0. The van der Waals surface area contributed by atoms with Gasteiger partial charge in [-0.25, -0.2) is 0 Å². The molecule has 0 amide bonds. The van der Waals surface area contributed by atoms with E-state index in [1.54, 1.807) is 0 Å². The van der Waals surface area contributed by atoms with Gasteiger partial charge in [0, 0.05) is 22.2 Å². The topological polar surface area (TPSA) is 199 Å². The number of hydrogen-bond donors (Lipinski definition) is 8. The lowest BCUT2D eigenvalue weighted by atomic mass is 9.32. The maximum atomic E-state index is 12.1. The highest BCUT2D eigenvalue weighted by Gasteiger charge is 2.79. The SMILES string of the molecule is C[C@H]1C[C@@H](O[C@H]2CC[C@@]3(C)[C@@H](CC[C@]4(C)[C@@H]3C=C[C@]35OC[C@@]6(CCC(C)(C)C[C@H]63)[C@@H](O)C[C@]54C)[C@]2(C)CO)[C@H](O)[C@@H](O[C@@H]2OC(CO)[C@@H](O)C(O)[C@@H]2O)[C@H]1O. The first kappa shape index (κ1) is 41.0. The molecule has 6 aliphatic carbocycles. The van der Waals surface area contributed by atoms with Crippen LogP contribution in [0.3, 0.4) is 0 Å². The van der Waals surface area contributed by atoms with Crippen molar-refractivity contribution in [1.29, 1.82) is 0 Å². The van der Waals surface area contributed by atoms with Gasteiger partial charge in [-0.3, -0.25) is 0 Å². The molecule has 55 heavy (non-hydrogen) atoms. The summed E-state index contributed by atoms with van der Waals surface area (Å²) in [6.07, 6.45) is -0.489. The van der Waals surface area contributed by atoms with Gasteiger partial charge in [0.15, 0.2) is 6.29 Å². The molecule has 1 spiro atoms. The van der Waals surface area contributed by atoms with E-state index in [4.69, 9.17) is 18.9 Å². The minimum absolute atomic E-state index is 0.0970. The summed E-state index contributed by atoms with van der Waals surface area (Å²) in [5, 5.41) is 87.4. The summed E-state index contributed by atoms with van der Waals surface area (Å²) < 4.78 is 25.5. The summed E-state index contributed by atoms with van der Waals surface area (Å²) in [7, 11) is 0. The predicted octanol–water partition coefficient (Wildman–Crippen LogP) is 2.44. The Morgan fingerprint density at radius 1 is 0.764 bits per heavy atom. The lowest BCUT2D eigenvalue weighted by Gasteiger charge is -2.73. The highest BCUT2D eigenvalue weighted by molar-refractivity contribution is 5.36. The average Bonchev–Trinajstić information content (AvgIpc) is 3.41. The van der Waals surface area contributed by atoms with Crippen LogP contribution >= 0.6 is 0 Å². The van der Waals surface area contributed by atoms with Crippen LogP contribution in [0.5, 0.6) is 0 Å². The number of aliphatic hydroxyl groups is 8. The van der Waals surface area contributed by atoms with E-state index >= 15 is 0 Å². The van der Waals surface area contributed by atoms with Crippen molar-refractivity contribution in [3.8, 4) is 0 Å². The molecule has 2 unspecified atom stereocenters. The number of hydrogen-bond acceptors (Lipinski definition) is 12. The van der Waals surface area contributed by atoms with E-state index in [2.05, 4.69) is 53.7 Å². The van der Waals surface area contributed by atoms with Crippen LogP contribution < -0.4 is 0 Å². The Labute approximate surface area is 326 Å². The smallest absolute Gasteiger partial charge is 0.187 e. The molecule has 0 radical (unpaired) electrons. The van der Waals surface area contributed by atoms with E-state index in [0.717, 1.165) is 44.9 Å². The summed E-state index contributed by atoms with van der Waals surface area (Å²) in [6, 6.07) is 0. The van der Waals surface area contributed by atoms with Crippen molar-refractivity contribution in [1.82, 2.24) is 0 Å². The van der Waals surface area contributed by atoms with Gasteiger partial charge in [0.05, 0.1) is 49.8 Å². The Balaban J connectivity index is 1.05. The molecule has 5 saturated carbocycles. The molecular formula is C43H70O12. The molecule has 2 bridgehead atoms. The summed E-state index contributed by atoms with van der Waals surface area (Å²) in [6.45, 7) is 15.9. The number of ether oxygens (including phenoxy) is 4. The fourth-order valence-electron chi connectivity index (χ4n) is 14.8. The fourth-order valence-corrected chi connectivity index (χ4v) is 14.8. The Bertz CT molecular complexity index is 1490. The molecule has 0 aromatic heterocycles. The minimum atomic E-state index is -1.68. The molecule has 8 aliphatic rings. The quantitative estimate of drug-likeness (QED) is 0.184. The molecule has 12 heteroatoms. The lowest BCUT2D eigenvalue weighted by molar-refractivity contribution is -0.336. The van der Waals surface area contributed by atoms with E-state index in [-0.39, 0.29) is 57.4 Å². The third kappa shape index (κ3) is 5.45. The molecule has 2 aliphatic heterocycles. The van der Waals surface area contributed by atoms with Gasteiger partial charge in [0.25, 0.3) is 0 Å².